The van der Waals surface area contributed by atoms with Crippen molar-refractivity contribution in [2.75, 3.05) is 6.54 Å². The van der Waals surface area contributed by atoms with Gasteiger partial charge in [-0.1, -0.05) is 56.3 Å². The van der Waals surface area contributed by atoms with Crippen LogP contribution in [0.2, 0.25) is 0 Å². The maximum atomic E-state index is 12.9. The Kier molecular flexibility index (Phi) is 10.9. The quantitative estimate of drug-likeness (QED) is 0.236. The van der Waals surface area contributed by atoms with Crippen LogP contribution in [0.5, 0.6) is 5.75 Å². The summed E-state index contributed by atoms with van der Waals surface area (Å²) in [5.41, 5.74) is 7.41. The van der Waals surface area contributed by atoms with Crippen molar-refractivity contribution in [3.63, 3.8) is 0 Å². The van der Waals surface area contributed by atoms with Crippen LogP contribution in [0.1, 0.15) is 31.4 Å². The Balaban J connectivity index is 1.92. The maximum Gasteiger partial charge on any atom is 0.326 e. The molecule has 0 radical (unpaired) electrons. The van der Waals surface area contributed by atoms with Gasteiger partial charge in [0.25, 0.3) is 0 Å². The number of nitrogens with two attached hydrogens (primary N) is 1. The third-order valence-electron chi connectivity index (χ3n) is 5.41. The molecule has 0 aromatic heterocycles. The van der Waals surface area contributed by atoms with Gasteiger partial charge in [0.1, 0.15) is 17.8 Å². The Morgan fingerprint density at radius 3 is 2.03 bits per heavy atom. The molecule has 2 aromatic carbocycles. The molecule has 0 unspecified atom stereocenters. The number of hydrogen-bond donors (Lipinski definition) is 6. The lowest BCUT2D eigenvalue weighted by Gasteiger charge is -2.23. The Morgan fingerprint density at radius 1 is 0.833 bits per heavy atom. The van der Waals surface area contributed by atoms with Gasteiger partial charge >= 0.3 is 5.97 Å². The minimum absolute atomic E-state index is 0.0340. The van der Waals surface area contributed by atoms with Crippen molar-refractivity contribution in [3.05, 3.63) is 65.7 Å². The Morgan fingerprint density at radius 2 is 1.44 bits per heavy atom. The molecule has 10 heteroatoms. The third-order valence-corrected chi connectivity index (χ3v) is 5.41. The zero-order valence-corrected chi connectivity index (χ0v) is 20.4. The standard InChI is InChI=1S/C26H34N4O6/c1-16(2)12-21(25(34)30-22(26(35)36)14-17-6-4-3-5-7-17)29-23(32)15-28-24(33)20(27)13-18-8-10-19(31)11-9-18/h3-11,16,20-22,31H,12-15,27H2,1-2H3,(H,28,33)(H,29,32)(H,30,34)(H,35,36)/t20-,21-,22-/m0/s1. The average Bonchev–Trinajstić information content (AvgIpc) is 2.83. The average molecular weight is 499 g/mol. The number of carbonyl (C=O) groups excluding carboxylic acids is 3. The number of phenolic OH excluding ortho intramolecular Hbond substituents is 1. The fraction of sp³-hybridized carbons (Fsp3) is 0.385. The lowest BCUT2D eigenvalue weighted by atomic mass is 10.0. The predicted octanol–water partition coefficient (Wildman–Crippen LogP) is 0.721. The van der Waals surface area contributed by atoms with Crippen LogP contribution in [-0.4, -0.2) is 58.6 Å². The third kappa shape index (κ3) is 9.75. The zero-order valence-electron chi connectivity index (χ0n) is 20.4. The molecule has 0 heterocycles. The first kappa shape index (κ1) is 28.3. The molecule has 2 rings (SSSR count). The molecule has 3 atom stereocenters. The van der Waals surface area contributed by atoms with Crippen molar-refractivity contribution >= 4 is 23.7 Å². The molecule has 0 saturated heterocycles. The highest BCUT2D eigenvalue weighted by Gasteiger charge is 2.27. The van der Waals surface area contributed by atoms with Gasteiger partial charge in [-0.25, -0.2) is 4.79 Å². The molecule has 194 valence electrons. The number of aromatic hydroxyl groups is 1. The molecule has 0 spiro atoms. The van der Waals surface area contributed by atoms with Gasteiger partial charge in [0, 0.05) is 6.42 Å². The van der Waals surface area contributed by atoms with Gasteiger partial charge in [-0.3, -0.25) is 14.4 Å². The molecule has 0 aliphatic carbocycles. The van der Waals surface area contributed by atoms with E-state index in [2.05, 4.69) is 16.0 Å². The summed E-state index contributed by atoms with van der Waals surface area (Å²) in [5.74, 6) is -2.81. The monoisotopic (exact) mass is 498 g/mol. The Hall–Kier alpha value is -3.92. The molecule has 0 bridgehead atoms. The van der Waals surface area contributed by atoms with E-state index in [-0.39, 0.29) is 30.9 Å². The second-order valence-electron chi connectivity index (χ2n) is 9.03. The summed E-state index contributed by atoms with van der Waals surface area (Å²) in [6.45, 7) is 3.35. The lowest BCUT2D eigenvalue weighted by Crippen LogP contribution is -2.54. The molecule has 3 amide bonds. The van der Waals surface area contributed by atoms with Crippen LogP contribution in [0.4, 0.5) is 0 Å². The Labute approximate surface area is 210 Å². The highest BCUT2D eigenvalue weighted by Crippen LogP contribution is 2.11. The van der Waals surface area contributed by atoms with Crippen LogP contribution in [0, 0.1) is 5.92 Å². The van der Waals surface area contributed by atoms with E-state index in [0.717, 1.165) is 11.1 Å². The Bertz CT molecular complexity index is 1030. The molecule has 10 nitrogen and oxygen atoms in total. The van der Waals surface area contributed by atoms with E-state index in [9.17, 15) is 29.4 Å². The number of carbonyl (C=O) groups is 4. The summed E-state index contributed by atoms with van der Waals surface area (Å²) >= 11 is 0. The van der Waals surface area contributed by atoms with Crippen molar-refractivity contribution in [1.82, 2.24) is 16.0 Å². The van der Waals surface area contributed by atoms with Crippen LogP contribution < -0.4 is 21.7 Å². The number of nitrogens with one attached hydrogen (secondary N) is 3. The van der Waals surface area contributed by atoms with Crippen LogP contribution >= 0.6 is 0 Å². The van der Waals surface area contributed by atoms with E-state index in [1.54, 1.807) is 36.4 Å². The number of carboxylic acids is 1. The summed E-state index contributed by atoms with van der Waals surface area (Å²) in [4.78, 5) is 49.4. The molecule has 0 saturated carbocycles. The maximum absolute atomic E-state index is 12.9. The minimum Gasteiger partial charge on any atom is -0.508 e. The van der Waals surface area contributed by atoms with Gasteiger partial charge in [-0.15, -0.1) is 0 Å². The van der Waals surface area contributed by atoms with Crippen LogP contribution in [-0.2, 0) is 32.0 Å². The van der Waals surface area contributed by atoms with Crippen molar-refractivity contribution < 1.29 is 29.4 Å². The van der Waals surface area contributed by atoms with Crippen molar-refractivity contribution in [2.24, 2.45) is 11.7 Å². The summed E-state index contributed by atoms with van der Waals surface area (Å²) in [7, 11) is 0. The van der Waals surface area contributed by atoms with Gasteiger partial charge in [0.2, 0.25) is 17.7 Å². The molecular weight excluding hydrogens is 464 g/mol. The van der Waals surface area contributed by atoms with Crippen LogP contribution in [0.15, 0.2) is 54.6 Å². The largest absolute Gasteiger partial charge is 0.508 e. The summed E-state index contributed by atoms with van der Waals surface area (Å²) in [5, 5.41) is 26.5. The molecule has 7 N–H and O–H groups in total. The summed E-state index contributed by atoms with van der Waals surface area (Å²) in [6.07, 6.45) is 0.590. The fourth-order valence-electron chi connectivity index (χ4n) is 3.55. The number of phenols is 1. The van der Waals surface area contributed by atoms with Gasteiger partial charge < -0.3 is 31.9 Å². The predicted molar refractivity (Wildman–Crippen MR) is 134 cm³/mol. The highest BCUT2D eigenvalue weighted by atomic mass is 16.4. The SMILES string of the molecule is CC(C)C[C@H](NC(=O)CNC(=O)[C@@H](N)Cc1ccc(O)cc1)C(=O)N[C@@H](Cc1ccccc1)C(=O)O. The van der Waals surface area contributed by atoms with Gasteiger partial charge in [0.05, 0.1) is 12.6 Å². The van der Waals surface area contributed by atoms with Crippen LogP contribution in [0.3, 0.4) is 0 Å². The highest BCUT2D eigenvalue weighted by molar-refractivity contribution is 5.92. The van der Waals surface area contributed by atoms with E-state index in [1.165, 1.54) is 12.1 Å². The molecule has 2 aromatic rings. The molecule has 36 heavy (non-hydrogen) atoms. The molecule has 0 aliphatic rings. The zero-order chi connectivity index (χ0) is 26.7. The number of carboxylic acid groups (broad SMARTS) is 1. The minimum atomic E-state index is -1.18. The summed E-state index contributed by atoms with van der Waals surface area (Å²) < 4.78 is 0. The van der Waals surface area contributed by atoms with Crippen molar-refractivity contribution in [1.29, 1.82) is 0 Å². The first-order valence-electron chi connectivity index (χ1n) is 11.7. The number of benzene rings is 2. The summed E-state index contributed by atoms with van der Waals surface area (Å²) in [6, 6.07) is 12.1. The van der Waals surface area contributed by atoms with Gasteiger partial charge in [-0.05, 0) is 42.0 Å². The van der Waals surface area contributed by atoms with E-state index in [4.69, 9.17) is 5.73 Å². The number of amides is 3. The normalized spacial score (nSPS) is 13.3. The first-order valence-corrected chi connectivity index (χ1v) is 11.7. The topological polar surface area (TPSA) is 171 Å². The number of rotatable bonds is 13. The second-order valence-corrected chi connectivity index (χ2v) is 9.03. The molecule has 0 fully saturated rings. The lowest BCUT2D eigenvalue weighted by molar-refractivity contribution is -0.142. The fourth-order valence-corrected chi connectivity index (χ4v) is 3.55. The van der Waals surface area contributed by atoms with Gasteiger partial charge in [-0.2, -0.15) is 0 Å². The van der Waals surface area contributed by atoms with Crippen molar-refractivity contribution in [3.8, 4) is 5.75 Å². The van der Waals surface area contributed by atoms with Gasteiger partial charge in [0.15, 0.2) is 0 Å². The number of aliphatic carboxylic acids is 1. The van der Waals surface area contributed by atoms with Crippen LogP contribution in [0.25, 0.3) is 0 Å². The molecule has 0 aliphatic heterocycles. The van der Waals surface area contributed by atoms with E-state index >= 15 is 0 Å². The smallest absolute Gasteiger partial charge is 0.326 e. The van der Waals surface area contributed by atoms with E-state index in [1.807, 2.05) is 19.9 Å². The van der Waals surface area contributed by atoms with E-state index < -0.39 is 48.4 Å². The number of hydrogen-bond acceptors (Lipinski definition) is 6. The second kappa shape index (κ2) is 13.8. The first-order chi connectivity index (χ1) is 17.0. The molecular formula is C26H34N4O6. The van der Waals surface area contributed by atoms with E-state index in [0.29, 0.717) is 0 Å². The van der Waals surface area contributed by atoms with Crippen molar-refractivity contribution in [2.45, 2.75) is 51.2 Å².